The normalized spacial score (nSPS) is 12.6. The first-order valence-corrected chi connectivity index (χ1v) is 7.46. The molecule has 2 aromatic rings. The summed E-state index contributed by atoms with van der Waals surface area (Å²) < 4.78 is 22.3. The molecular weight excluding hydrogens is 308 g/mol. The van der Waals surface area contributed by atoms with E-state index in [2.05, 4.69) is 15.9 Å². The van der Waals surface area contributed by atoms with E-state index in [1.54, 1.807) is 11.3 Å². The van der Waals surface area contributed by atoms with Gasteiger partial charge in [0, 0.05) is 20.5 Å². The van der Waals surface area contributed by atoms with Crippen LogP contribution in [0.5, 0.6) is 0 Å². The second kappa shape index (κ2) is 5.23. The van der Waals surface area contributed by atoms with Crippen molar-refractivity contribution in [2.45, 2.75) is 5.75 Å². The van der Waals surface area contributed by atoms with Crippen LogP contribution in [-0.4, -0.2) is 8.76 Å². The molecule has 1 aromatic heterocycles. The smallest absolute Gasteiger partial charge is 0.0354 e. The Labute approximate surface area is 109 Å². The lowest BCUT2D eigenvalue weighted by molar-refractivity contribution is 0.536. The maximum absolute atomic E-state index is 10.6. The van der Waals surface area contributed by atoms with Gasteiger partial charge in [0.25, 0.3) is 0 Å². The standard InChI is InChI=1S/C11H9BrO2S2/c12-10-5-11(15-6-10)9-3-1-2-8(4-9)7-16(13)14/h1-6H,7H2,(H,13,14)/p-1. The Balaban J connectivity index is 2.32. The number of benzene rings is 1. The van der Waals surface area contributed by atoms with E-state index in [1.807, 2.05) is 35.7 Å². The minimum absolute atomic E-state index is 0.0698. The third kappa shape index (κ3) is 3.01. The highest BCUT2D eigenvalue weighted by Gasteiger charge is 2.02. The first-order chi connectivity index (χ1) is 7.65. The lowest BCUT2D eigenvalue weighted by Crippen LogP contribution is -1.92. The Morgan fingerprint density at radius 3 is 2.81 bits per heavy atom. The summed E-state index contributed by atoms with van der Waals surface area (Å²) in [5.41, 5.74) is 1.87. The maximum atomic E-state index is 10.6. The fraction of sp³-hybridized carbons (Fsp3) is 0.0909. The molecule has 0 aliphatic heterocycles. The van der Waals surface area contributed by atoms with Crippen LogP contribution in [0.25, 0.3) is 10.4 Å². The van der Waals surface area contributed by atoms with E-state index in [1.165, 1.54) is 0 Å². The molecule has 0 saturated carbocycles. The molecule has 0 N–H and O–H groups in total. The van der Waals surface area contributed by atoms with Crippen LogP contribution in [0, 0.1) is 0 Å². The Kier molecular flexibility index (Phi) is 3.91. The molecule has 0 aliphatic rings. The molecular formula is C11H8BrO2S2-. The van der Waals surface area contributed by atoms with E-state index in [0.29, 0.717) is 0 Å². The third-order valence-electron chi connectivity index (χ3n) is 2.06. The van der Waals surface area contributed by atoms with Crippen molar-refractivity contribution in [3.05, 3.63) is 45.7 Å². The zero-order valence-electron chi connectivity index (χ0n) is 8.18. The molecule has 0 spiro atoms. The average Bonchev–Trinajstić information content (AvgIpc) is 2.64. The molecule has 0 aliphatic carbocycles. The van der Waals surface area contributed by atoms with Gasteiger partial charge in [0.15, 0.2) is 0 Å². The Hall–Kier alpha value is -0.490. The summed E-state index contributed by atoms with van der Waals surface area (Å²) in [5, 5.41) is 2.01. The van der Waals surface area contributed by atoms with Crippen LogP contribution in [0.15, 0.2) is 40.2 Å². The summed E-state index contributed by atoms with van der Waals surface area (Å²) in [6.45, 7) is 0. The molecule has 5 heteroatoms. The molecule has 0 radical (unpaired) electrons. The molecule has 1 atom stereocenters. The zero-order valence-corrected chi connectivity index (χ0v) is 11.4. The summed E-state index contributed by atoms with van der Waals surface area (Å²) in [5.74, 6) is 0.0698. The van der Waals surface area contributed by atoms with Crippen molar-refractivity contribution in [3.8, 4) is 10.4 Å². The van der Waals surface area contributed by atoms with Gasteiger partial charge in [0.1, 0.15) is 0 Å². The second-order valence-electron chi connectivity index (χ2n) is 3.28. The molecule has 0 amide bonds. The van der Waals surface area contributed by atoms with Crippen LogP contribution in [0.1, 0.15) is 5.56 Å². The molecule has 1 unspecified atom stereocenters. The molecule has 1 heterocycles. The number of hydrogen-bond donors (Lipinski definition) is 0. The van der Waals surface area contributed by atoms with Crippen molar-refractivity contribution in [1.82, 2.24) is 0 Å². The van der Waals surface area contributed by atoms with Crippen LogP contribution in [0.2, 0.25) is 0 Å². The molecule has 84 valence electrons. The van der Waals surface area contributed by atoms with Crippen molar-refractivity contribution < 1.29 is 8.76 Å². The maximum Gasteiger partial charge on any atom is 0.0354 e. The fourth-order valence-electron chi connectivity index (χ4n) is 1.41. The number of rotatable bonds is 3. The first kappa shape index (κ1) is 12.0. The predicted octanol–water partition coefficient (Wildman–Crippen LogP) is 3.56. The highest BCUT2D eigenvalue weighted by molar-refractivity contribution is 9.10. The third-order valence-corrected chi connectivity index (χ3v) is 4.37. The molecule has 0 saturated heterocycles. The summed E-state index contributed by atoms with van der Waals surface area (Å²) in [6, 6.07) is 9.62. The SMILES string of the molecule is O=S([O-])Cc1cccc(-c2cc(Br)cs2)c1. The van der Waals surface area contributed by atoms with Gasteiger partial charge in [-0.25, -0.2) is 0 Å². The molecule has 0 fully saturated rings. The van der Waals surface area contributed by atoms with Crippen LogP contribution in [-0.2, 0) is 16.8 Å². The molecule has 1 aromatic carbocycles. The second-order valence-corrected chi connectivity index (χ2v) is 6.00. The van der Waals surface area contributed by atoms with Crippen LogP contribution >= 0.6 is 27.3 Å². The monoisotopic (exact) mass is 315 g/mol. The lowest BCUT2D eigenvalue weighted by atomic mass is 10.1. The summed E-state index contributed by atoms with van der Waals surface area (Å²) in [4.78, 5) is 1.13. The predicted molar refractivity (Wildman–Crippen MR) is 70.1 cm³/mol. The molecule has 16 heavy (non-hydrogen) atoms. The van der Waals surface area contributed by atoms with Gasteiger partial charge in [-0.2, -0.15) is 0 Å². The van der Waals surface area contributed by atoms with Gasteiger partial charge in [-0.15, -0.1) is 11.3 Å². The van der Waals surface area contributed by atoms with Gasteiger partial charge in [-0.05, 0) is 39.2 Å². The number of halogens is 1. The van der Waals surface area contributed by atoms with Crippen LogP contribution in [0.4, 0.5) is 0 Å². The van der Waals surface area contributed by atoms with Crippen LogP contribution in [0.3, 0.4) is 0 Å². The Morgan fingerprint density at radius 2 is 2.19 bits per heavy atom. The highest BCUT2D eigenvalue weighted by Crippen LogP contribution is 2.30. The van der Waals surface area contributed by atoms with Gasteiger partial charge in [0.2, 0.25) is 0 Å². The van der Waals surface area contributed by atoms with E-state index in [-0.39, 0.29) is 5.75 Å². The van der Waals surface area contributed by atoms with Crippen molar-refractivity contribution in [1.29, 1.82) is 0 Å². The van der Waals surface area contributed by atoms with Crippen molar-refractivity contribution >= 4 is 38.3 Å². The Bertz CT molecular complexity index is 522. The summed E-state index contributed by atoms with van der Waals surface area (Å²) in [7, 11) is 0. The van der Waals surface area contributed by atoms with Gasteiger partial charge < -0.3 is 4.55 Å². The van der Waals surface area contributed by atoms with Crippen molar-refractivity contribution in [3.63, 3.8) is 0 Å². The van der Waals surface area contributed by atoms with Gasteiger partial charge >= 0.3 is 0 Å². The van der Waals surface area contributed by atoms with Gasteiger partial charge in [0.05, 0.1) is 0 Å². The molecule has 2 nitrogen and oxygen atoms in total. The summed E-state index contributed by atoms with van der Waals surface area (Å²) in [6.07, 6.45) is 0. The largest absolute Gasteiger partial charge is 0.772 e. The molecule has 2 rings (SSSR count). The zero-order chi connectivity index (χ0) is 11.5. The first-order valence-electron chi connectivity index (χ1n) is 4.54. The van der Waals surface area contributed by atoms with E-state index in [9.17, 15) is 8.76 Å². The van der Waals surface area contributed by atoms with Gasteiger partial charge in [-0.3, -0.25) is 4.21 Å². The number of thiophene rings is 1. The van der Waals surface area contributed by atoms with Crippen LogP contribution < -0.4 is 0 Å². The van der Waals surface area contributed by atoms with Crippen molar-refractivity contribution in [2.24, 2.45) is 0 Å². The van der Waals surface area contributed by atoms with Gasteiger partial charge in [-0.1, -0.05) is 29.3 Å². The minimum Gasteiger partial charge on any atom is -0.772 e. The minimum atomic E-state index is -2.03. The fourth-order valence-corrected chi connectivity index (χ4v) is 3.29. The molecule has 0 bridgehead atoms. The highest BCUT2D eigenvalue weighted by atomic mass is 79.9. The lowest BCUT2D eigenvalue weighted by Gasteiger charge is -2.06. The van der Waals surface area contributed by atoms with Crippen molar-refractivity contribution in [2.75, 3.05) is 0 Å². The van der Waals surface area contributed by atoms with E-state index < -0.39 is 11.1 Å². The van der Waals surface area contributed by atoms with E-state index >= 15 is 0 Å². The van der Waals surface area contributed by atoms with E-state index in [4.69, 9.17) is 0 Å². The average molecular weight is 316 g/mol. The quantitative estimate of drug-likeness (QED) is 0.812. The van der Waals surface area contributed by atoms with E-state index in [0.717, 1.165) is 20.5 Å². The topological polar surface area (TPSA) is 40.1 Å². The Morgan fingerprint density at radius 1 is 1.38 bits per heavy atom. The summed E-state index contributed by atoms with van der Waals surface area (Å²) >= 11 is 3.00. The number of hydrogen-bond acceptors (Lipinski definition) is 3.